The minimum Gasteiger partial charge on any atom is -0.481 e. The van der Waals surface area contributed by atoms with Gasteiger partial charge in [-0.25, -0.2) is 0 Å². The molecule has 1 aliphatic heterocycles. The molecule has 2 atom stereocenters. The van der Waals surface area contributed by atoms with Crippen LogP contribution < -0.4 is 25.8 Å². The van der Waals surface area contributed by atoms with Crippen LogP contribution >= 0.6 is 11.6 Å². The van der Waals surface area contributed by atoms with E-state index in [4.69, 9.17) is 16.7 Å². The Hall–Kier alpha value is -4.82. The minimum absolute atomic E-state index is 0.0190. The number of carboxylic acids is 1. The Kier molecular flexibility index (Phi) is 10.1. The molecule has 2 aromatic carbocycles. The van der Waals surface area contributed by atoms with Crippen molar-refractivity contribution in [3.8, 4) is 0 Å². The van der Waals surface area contributed by atoms with Gasteiger partial charge in [-0.05, 0) is 30.3 Å². The van der Waals surface area contributed by atoms with E-state index in [9.17, 15) is 38.7 Å². The Labute approximate surface area is 238 Å². The molecule has 1 aliphatic rings. The van der Waals surface area contributed by atoms with E-state index in [0.29, 0.717) is 0 Å². The monoisotopic (exact) mass is 587 g/mol. The molecule has 1 unspecified atom stereocenters. The fourth-order valence-electron chi connectivity index (χ4n) is 4.08. The summed E-state index contributed by atoms with van der Waals surface area (Å²) in [5.74, 6) is -4.96. The summed E-state index contributed by atoms with van der Waals surface area (Å²) in [4.78, 5) is 88.0. The van der Waals surface area contributed by atoms with Crippen LogP contribution in [0.3, 0.4) is 0 Å². The molecule has 3 rings (SSSR count). The van der Waals surface area contributed by atoms with Gasteiger partial charge < -0.3 is 35.9 Å². The number of aliphatic hydroxyl groups excluding tert-OH is 1. The number of aliphatic carboxylic acids is 1. The Morgan fingerprint density at radius 2 is 1.80 bits per heavy atom. The lowest BCUT2D eigenvalue weighted by atomic mass is 10.1. The number of para-hydroxylation sites is 2. The number of carbonyl (C=O) groups is 7. The van der Waals surface area contributed by atoms with E-state index in [1.54, 1.807) is 6.07 Å². The van der Waals surface area contributed by atoms with Crippen molar-refractivity contribution >= 4 is 70.5 Å². The van der Waals surface area contributed by atoms with Crippen LogP contribution in [-0.4, -0.2) is 83.8 Å². The minimum atomic E-state index is -1.42. The largest absolute Gasteiger partial charge is 0.481 e. The van der Waals surface area contributed by atoms with Crippen LogP contribution in [-0.2, 0) is 28.8 Å². The van der Waals surface area contributed by atoms with Gasteiger partial charge >= 0.3 is 5.97 Å². The van der Waals surface area contributed by atoms with Crippen LogP contribution in [0.25, 0.3) is 0 Å². The van der Waals surface area contributed by atoms with E-state index in [-0.39, 0.29) is 39.8 Å². The number of nitrogens with one attached hydrogen (secondary N) is 3. The molecule has 0 spiro atoms. The Bertz CT molecular complexity index is 1400. The van der Waals surface area contributed by atoms with E-state index >= 15 is 0 Å². The topological polar surface area (TPSA) is 203 Å². The number of hydrogen-bond donors (Lipinski definition) is 5. The predicted octanol–water partition coefficient (Wildman–Crippen LogP) is -0.0727. The van der Waals surface area contributed by atoms with Crippen LogP contribution in [0.15, 0.2) is 42.5 Å². The number of carboxylic acid groups (broad SMARTS) is 1. The van der Waals surface area contributed by atoms with Crippen molar-refractivity contribution in [1.29, 1.82) is 0 Å². The third kappa shape index (κ3) is 7.64. The van der Waals surface area contributed by atoms with Crippen molar-refractivity contribution in [2.45, 2.75) is 25.4 Å². The van der Waals surface area contributed by atoms with Crippen molar-refractivity contribution in [1.82, 2.24) is 10.6 Å². The quantitative estimate of drug-likeness (QED) is 0.236. The SMILES string of the molecule is CC(=O)Nc1ccc(C(=O)NC2CN(C(=O)CO)c3ccccc3N(CC(=O)N[C@H](C=O)CC(=O)O)C2=O)cc1Cl. The Morgan fingerprint density at radius 1 is 1.12 bits per heavy atom. The van der Waals surface area contributed by atoms with Crippen molar-refractivity contribution in [2.75, 3.05) is 34.8 Å². The second-order valence-electron chi connectivity index (χ2n) is 8.89. The van der Waals surface area contributed by atoms with Gasteiger partial charge in [0, 0.05) is 12.5 Å². The summed E-state index contributed by atoms with van der Waals surface area (Å²) < 4.78 is 0. The van der Waals surface area contributed by atoms with E-state index in [1.165, 1.54) is 43.3 Å². The van der Waals surface area contributed by atoms with Gasteiger partial charge in [0.1, 0.15) is 25.5 Å². The second kappa shape index (κ2) is 13.5. The molecule has 41 heavy (non-hydrogen) atoms. The standard InChI is InChI=1S/C26H26ClN5O9/c1-14(35)28-18-7-6-15(8-17(18)27)25(40)30-19-10-31(23(37)13-34)20-4-2-3-5-21(20)32(26(19)41)11-22(36)29-16(12-33)9-24(38)39/h2-8,12,16,19,34H,9-11,13H2,1H3,(H,28,35)(H,29,36)(H,30,40)(H,38,39)/t16-,19?/m0/s1. The first kappa shape index (κ1) is 30.7. The Balaban J connectivity index is 1.95. The number of nitrogens with zero attached hydrogens (tertiary/aromatic N) is 2. The van der Waals surface area contributed by atoms with E-state index in [2.05, 4.69) is 16.0 Å². The van der Waals surface area contributed by atoms with Crippen molar-refractivity contribution in [3.05, 3.63) is 53.1 Å². The molecule has 0 aromatic heterocycles. The number of anilines is 3. The zero-order valence-corrected chi connectivity index (χ0v) is 22.4. The number of fused-ring (bicyclic) bond motifs is 1. The summed E-state index contributed by atoms with van der Waals surface area (Å²) in [5.41, 5.74) is 0.523. The molecule has 5 amide bonds. The maximum absolute atomic E-state index is 13.7. The molecule has 2 aromatic rings. The molecule has 5 N–H and O–H groups in total. The summed E-state index contributed by atoms with van der Waals surface area (Å²) in [7, 11) is 0. The van der Waals surface area contributed by atoms with Gasteiger partial charge in [0.05, 0.1) is 41.1 Å². The number of carbonyl (C=O) groups excluding carboxylic acids is 6. The first-order chi connectivity index (χ1) is 19.4. The van der Waals surface area contributed by atoms with Crippen LogP contribution in [0.5, 0.6) is 0 Å². The number of amides is 5. The average Bonchev–Trinajstić information content (AvgIpc) is 3.03. The number of benzene rings is 2. The van der Waals surface area contributed by atoms with Gasteiger partial charge in [0.15, 0.2) is 0 Å². The molecule has 0 bridgehead atoms. The molecule has 0 aliphatic carbocycles. The van der Waals surface area contributed by atoms with Crippen molar-refractivity contribution < 1.29 is 43.8 Å². The van der Waals surface area contributed by atoms with E-state index in [0.717, 1.165) is 9.80 Å². The molecule has 15 heteroatoms. The number of hydrogen-bond acceptors (Lipinski definition) is 8. The van der Waals surface area contributed by atoms with Gasteiger partial charge in [0.2, 0.25) is 11.8 Å². The van der Waals surface area contributed by atoms with Gasteiger partial charge in [-0.1, -0.05) is 23.7 Å². The predicted molar refractivity (Wildman–Crippen MR) is 145 cm³/mol. The molecule has 0 radical (unpaired) electrons. The van der Waals surface area contributed by atoms with Crippen LogP contribution in [0, 0.1) is 0 Å². The smallest absolute Gasteiger partial charge is 0.305 e. The third-order valence-corrected chi connectivity index (χ3v) is 6.20. The summed E-state index contributed by atoms with van der Waals surface area (Å²) in [6.07, 6.45) is -0.433. The molecule has 14 nitrogen and oxygen atoms in total. The number of rotatable bonds is 10. The molecule has 0 saturated carbocycles. The van der Waals surface area contributed by atoms with Gasteiger partial charge in [-0.3, -0.25) is 33.7 Å². The van der Waals surface area contributed by atoms with E-state index in [1.807, 2.05) is 0 Å². The lowest BCUT2D eigenvalue weighted by Crippen LogP contribution is -2.55. The van der Waals surface area contributed by atoms with Gasteiger partial charge in [-0.2, -0.15) is 0 Å². The molecule has 1 heterocycles. The summed E-state index contributed by atoms with van der Waals surface area (Å²) in [6, 6.07) is 7.25. The fraction of sp³-hybridized carbons (Fsp3) is 0.269. The third-order valence-electron chi connectivity index (χ3n) is 5.88. The number of aldehydes is 1. The zero-order valence-electron chi connectivity index (χ0n) is 21.6. The van der Waals surface area contributed by atoms with Gasteiger partial charge in [-0.15, -0.1) is 0 Å². The maximum Gasteiger partial charge on any atom is 0.305 e. The molecule has 216 valence electrons. The molecule has 0 fully saturated rings. The highest BCUT2D eigenvalue weighted by molar-refractivity contribution is 6.34. The highest BCUT2D eigenvalue weighted by Crippen LogP contribution is 2.33. The average molecular weight is 588 g/mol. The highest BCUT2D eigenvalue weighted by atomic mass is 35.5. The maximum atomic E-state index is 13.7. The van der Waals surface area contributed by atoms with Crippen LogP contribution in [0.2, 0.25) is 5.02 Å². The normalized spacial score (nSPS) is 15.2. The molecular formula is C26H26ClN5O9. The van der Waals surface area contributed by atoms with E-state index < -0.39 is 67.8 Å². The number of halogens is 1. The zero-order chi connectivity index (χ0) is 30.3. The fourth-order valence-corrected chi connectivity index (χ4v) is 4.31. The summed E-state index contributed by atoms with van der Waals surface area (Å²) >= 11 is 6.17. The summed E-state index contributed by atoms with van der Waals surface area (Å²) in [5, 5.41) is 25.8. The molecular weight excluding hydrogens is 562 g/mol. The second-order valence-corrected chi connectivity index (χ2v) is 9.29. The Morgan fingerprint density at radius 3 is 2.39 bits per heavy atom. The first-order valence-corrected chi connectivity index (χ1v) is 12.5. The van der Waals surface area contributed by atoms with Crippen molar-refractivity contribution in [2.24, 2.45) is 0 Å². The highest BCUT2D eigenvalue weighted by Gasteiger charge is 2.37. The van der Waals surface area contributed by atoms with Crippen molar-refractivity contribution in [3.63, 3.8) is 0 Å². The van der Waals surface area contributed by atoms with Crippen LogP contribution in [0.1, 0.15) is 23.7 Å². The van der Waals surface area contributed by atoms with Crippen LogP contribution in [0.4, 0.5) is 17.1 Å². The lowest BCUT2D eigenvalue weighted by Gasteiger charge is -2.25. The number of aliphatic hydroxyl groups is 1. The summed E-state index contributed by atoms with van der Waals surface area (Å²) in [6.45, 7) is -0.735. The lowest BCUT2D eigenvalue weighted by molar-refractivity contribution is -0.139. The first-order valence-electron chi connectivity index (χ1n) is 12.1. The molecule has 0 saturated heterocycles. The van der Waals surface area contributed by atoms with Gasteiger partial charge in [0.25, 0.3) is 17.7 Å².